The number of ether oxygens (including phenoxy) is 2. The zero-order chi connectivity index (χ0) is 34.7. The molecule has 260 valence electrons. The third kappa shape index (κ3) is 8.15. The van der Waals surface area contributed by atoms with E-state index in [0.29, 0.717) is 51.3 Å². The van der Waals surface area contributed by atoms with Gasteiger partial charge in [0, 0.05) is 36.3 Å². The Bertz CT molecular complexity index is 1730. The van der Waals surface area contributed by atoms with Crippen LogP contribution in [0.5, 0.6) is 5.88 Å². The van der Waals surface area contributed by atoms with E-state index in [1.807, 2.05) is 11.8 Å². The second-order valence-corrected chi connectivity index (χ2v) is 14.8. The fourth-order valence-electron chi connectivity index (χ4n) is 6.31. The number of rotatable bonds is 11. The molecule has 0 saturated carbocycles. The first-order chi connectivity index (χ1) is 22.7. The largest absolute Gasteiger partial charge is 0.465 e. The summed E-state index contributed by atoms with van der Waals surface area (Å²) >= 11 is 6.24. The number of unbranched alkanes of at least 4 members (excludes halogenated alkanes) is 1. The average molecular weight is 710 g/mol. The molecule has 2 aliphatic rings. The van der Waals surface area contributed by atoms with Crippen molar-refractivity contribution in [2.75, 3.05) is 42.6 Å². The van der Waals surface area contributed by atoms with Gasteiger partial charge in [0.2, 0.25) is 17.9 Å². The van der Waals surface area contributed by atoms with Crippen LogP contribution in [-0.2, 0) is 19.4 Å². The second-order valence-electron chi connectivity index (χ2n) is 12.3. The van der Waals surface area contributed by atoms with Crippen LogP contribution in [0.4, 0.5) is 24.9 Å². The highest BCUT2D eigenvalue weighted by Gasteiger charge is 2.46. The number of nitrogens with two attached hydrogens (primary N) is 1. The lowest BCUT2D eigenvalue weighted by molar-refractivity contribution is -0.198. The standard InChI is InChI=1S/C33H39ClF3N5O5S/c1-3-5-15-48(44,45)23-8-6-7-21(16-23)25-17-22(34)9-10-24(25)29(33(35,36)37)47-28-18-27(40-31(38)41-28)42-13-11-32(12-14-42)19-26(39-20-32)30(43)46-4-2/h6-10,16-18,26,29,39H,3-5,11-15,19-20H2,1-2H3,(H2,38,40,41)/t26-,29+/m0/s1. The van der Waals surface area contributed by atoms with Crippen LogP contribution in [0, 0.1) is 5.41 Å². The Hall–Kier alpha value is -3.62. The van der Waals surface area contributed by atoms with Crippen LogP contribution in [0.3, 0.4) is 0 Å². The smallest absolute Gasteiger partial charge is 0.429 e. The zero-order valence-corrected chi connectivity index (χ0v) is 28.3. The summed E-state index contributed by atoms with van der Waals surface area (Å²) < 4.78 is 80.9. The number of aromatic nitrogens is 2. The van der Waals surface area contributed by atoms with Crippen molar-refractivity contribution in [2.45, 2.75) is 69.2 Å². The topological polar surface area (TPSA) is 137 Å². The van der Waals surface area contributed by atoms with E-state index in [9.17, 15) is 26.4 Å². The second kappa shape index (κ2) is 14.5. The summed E-state index contributed by atoms with van der Waals surface area (Å²) in [5.41, 5.74) is 5.88. The summed E-state index contributed by atoms with van der Waals surface area (Å²) in [6, 6.07) is 10.6. The number of sulfone groups is 1. The normalized spacial score (nSPS) is 18.5. The van der Waals surface area contributed by atoms with Crippen molar-refractivity contribution in [3.05, 3.63) is 59.1 Å². The maximum atomic E-state index is 14.8. The van der Waals surface area contributed by atoms with E-state index in [1.165, 1.54) is 48.5 Å². The summed E-state index contributed by atoms with van der Waals surface area (Å²) in [6.07, 6.45) is -4.19. The Balaban J connectivity index is 1.40. The number of carbonyl (C=O) groups excluding carboxylic acids is 1. The Kier molecular flexibility index (Phi) is 10.8. The average Bonchev–Trinajstić information content (AvgIpc) is 3.46. The van der Waals surface area contributed by atoms with Crippen molar-refractivity contribution in [3.8, 4) is 17.0 Å². The molecule has 15 heteroatoms. The van der Waals surface area contributed by atoms with Crippen molar-refractivity contribution in [2.24, 2.45) is 5.41 Å². The van der Waals surface area contributed by atoms with E-state index in [-0.39, 0.29) is 61.6 Å². The highest BCUT2D eigenvalue weighted by Crippen LogP contribution is 2.44. The first kappa shape index (κ1) is 35.7. The Labute approximate surface area is 283 Å². The number of hydrogen-bond donors (Lipinski definition) is 2. The number of hydrogen-bond acceptors (Lipinski definition) is 10. The maximum absolute atomic E-state index is 14.8. The van der Waals surface area contributed by atoms with Gasteiger partial charge in [-0.3, -0.25) is 4.79 Å². The number of anilines is 2. The van der Waals surface area contributed by atoms with Crippen LogP contribution in [-0.4, -0.2) is 68.6 Å². The lowest BCUT2D eigenvalue weighted by atomic mass is 9.76. The van der Waals surface area contributed by atoms with Gasteiger partial charge in [-0.25, -0.2) is 8.42 Å². The van der Waals surface area contributed by atoms with Crippen molar-refractivity contribution in [1.29, 1.82) is 0 Å². The number of alkyl halides is 3. The van der Waals surface area contributed by atoms with Crippen LogP contribution in [0.15, 0.2) is 53.4 Å². The van der Waals surface area contributed by atoms with Gasteiger partial charge < -0.3 is 25.4 Å². The van der Waals surface area contributed by atoms with Crippen LogP contribution < -0.4 is 20.7 Å². The lowest BCUT2D eigenvalue weighted by Gasteiger charge is -2.39. The summed E-state index contributed by atoms with van der Waals surface area (Å²) in [7, 11) is -3.66. The van der Waals surface area contributed by atoms with Crippen LogP contribution in [0.25, 0.3) is 11.1 Å². The highest BCUT2D eigenvalue weighted by atomic mass is 35.5. The minimum atomic E-state index is -4.91. The molecule has 0 aliphatic carbocycles. The zero-order valence-electron chi connectivity index (χ0n) is 26.7. The third-order valence-corrected chi connectivity index (χ3v) is 10.9. The van der Waals surface area contributed by atoms with E-state index in [1.54, 1.807) is 6.92 Å². The molecule has 2 saturated heterocycles. The van der Waals surface area contributed by atoms with Gasteiger partial charge in [-0.05, 0) is 73.4 Å². The van der Waals surface area contributed by atoms with Crippen molar-refractivity contribution < 1.29 is 35.9 Å². The number of halogens is 4. The van der Waals surface area contributed by atoms with Gasteiger partial charge in [0.15, 0.2) is 9.84 Å². The molecule has 1 aromatic heterocycles. The number of benzene rings is 2. The van der Waals surface area contributed by atoms with Crippen LogP contribution >= 0.6 is 11.6 Å². The van der Waals surface area contributed by atoms with E-state index in [0.717, 1.165) is 12.8 Å². The van der Waals surface area contributed by atoms with E-state index in [4.69, 9.17) is 26.8 Å². The summed E-state index contributed by atoms with van der Waals surface area (Å²) in [5.74, 6) is -0.654. The Morgan fingerprint density at radius 2 is 1.90 bits per heavy atom. The van der Waals surface area contributed by atoms with Crippen molar-refractivity contribution >= 4 is 39.2 Å². The van der Waals surface area contributed by atoms with E-state index in [2.05, 4.69) is 15.3 Å². The van der Waals surface area contributed by atoms with Gasteiger partial charge in [-0.2, -0.15) is 23.1 Å². The number of piperidine rings is 1. The number of nitrogens with one attached hydrogen (secondary N) is 1. The third-order valence-electron chi connectivity index (χ3n) is 8.89. The number of nitrogen functional groups attached to an aromatic ring is 1. The predicted octanol–water partition coefficient (Wildman–Crippen LogP) is 6.15. The van der Waals surface area contributed by atoms with Gasteiger partial charge in [0.1, 0.15) is 11.9 Å². The highest BCUT2D eigenvalue weighted by molar-refractivity contribution is 7.91. The van der Waals surface area contributed by atoms with Gasteiger partial charge >= 0.3 is 12.1 Å². The summed E-state index contributed by atoms with van der Waals surface area (Å²) in [4.78, 5) is 22.4. The Morgan fingerprint density at radius 3 is 2.58 bits per heavy atom. The molecule has 48 heavy (non-hydrogen) atoms. The molecule has 1 spiro atoms. The van der Waals surface area contributed by atoms with Gasteiger partial charge in [-0.15, -0.1) is 0 Å². The molecule has 5 rings (SSSR count). The first-order valence-corrected chi connectivity index (χ1v) is 17.9. The molecular weight excluding hydrogens is 671 g/mol. The fraction of sp³-hybridized carbons (Fsp3) is 0.485. The lowest BCUT2D eigenvalue weighted by Crippen LogP contribution is -2.41. The number of nitrogens with zero attached hydrogens (tertiary/aromatic N) is 3. The maximum Gasteiger partial charge on any atom is 0.429 e. The fourth-order valence-corrected chi connectivity index (χ4v) is 7.98. The molecule has 2 aromatic carbocycles. The molecule has 0 bridgehead atoms. The minimum Gasteiger partial charge on any atom is -0.465 e. The first-order valence-electron chi connectivity index (χ1n) is 15.9. The molecule has 0 unspecified atom stereocenters. The molecule has 3 N–H and O–H groups in total. The van der Waals surface area contributed by atoms with E-state index < -0.39 is 22.1 Å². The van der Waals surface area contributed by atoms with E-state index >= 15 is 0 Å². The minimum absolute atomic E-state index is 0.00479. The van der Waals surface area contributed by atoms with Gasteiger partial charge in [0.05, 0.1) is 17.3 Å². The Morgan fingerprint density at radius 1 is 1.15 bits per heavy atom. The molecule has 0 amide bonds. The molecule has 2 aliphatic heterocycles. The summed E-state index contributed by atoms with van der Waals surface area (Å²) in [6.45, 7) is 5.68. The predicted molar refractivity (Wildman–Crippen MR) is 177 cm³/mol. The van der Waals surface area contributed by atoms with Gasteiger partial charge in [0.25, 0.3) is 0 Å². The molecule has 3 aromatic rings. The SMILES string of the molecule is CCCCS(=O)(=O)c1cccc(-c2cc(Cl)ccc2[C@@H](Oc2cc(N3CCC4(CC3)CN[C@H](C(=O)OCC)C4)nc(N)n2)C(F)(F)F)c1. The monoisotopic (exact) mass is 709 g/mol. The quantitative estimate of drug-likeness (QED) is 0.223. The molecule has 2 fully saturated rings. The number of carbonyl (C=O) groups is 1. The molecule has 3 heterocycles. The van der Waals surface area contributed by atoms with Crippen molar-refractivity contribution in [1.82, 2.24) is 15.3 Å². The molecular formula is C33H39ClF3N5O5S. The van der Waals surface area contributed by atoms with Gasteiger partial charge in [-0.1, -0.05) is 43.1 Å². The van der Waals surface area contributed by atoms with Crippen LogP contribution in [0.1, 0.15) is 57.6 Å². The molecule has 0 radical (unpaired) electrons. The number of esters is 1. The molecule has 10 nitrogen and oxygen atoms in total. The van der Waals surface area contributed by atoms with Crippen LogP contribution in [0.2, 0.25) is 5.02 Å². The molecule has 2 atom stereocenters. The summed E-state index contributed by atoms with van der Waals surface area (Å²) in [5, 5.41) is 3.42. The van der Waals surface area contributed by atoms with Crippen molar-refractivity contribution in [3.63, 3.8) is 0 Å².